The summed E-state index contributed by atoms with van der Waals surface area (Å²) >= 11 is 0. The highest BCUT2D eigenvalue weighted by atomic mass is 16.2. The van der Waals surface area contributed by atoms with Crippen molar-refractivity contribution < 1.29 is 14.4 Å². The molecule has 4 amide bonds. The molecular formula is C17H17N3O3. The van der Waals surface area contributed by atoms with Gasteiger partial charge in [0.15, 0.2) is 0 Å². The van der Waals surface area contributed by atoms with Gasteiger partial charge < -0.3 is 11.1 Å². The van der Waals surface area contributed by atoms with Crippen molar-refractivity contribution >= 4 is 28.6 Å². The molecule has 3 rings (SSSR count). The fourth-order valence-electron chi connectivity index (χ4n) is 2.82. The zero-order valence-electron chi connectivity index (χ0n) is 12.7. The second-order valence-electron chi connectivity index (χ2n) is 5.79. The topological polar surface area (TPSA) is 92.5 Å². The van der Waals surface area contributed by atoms with E-state index in [0.29, 0.717) is 5.56 Å². The largest absolute Gasteiger partial charge is 0.370 e. The summed E-state index contributed by atoms with van der Waals surface area (Å²) in [5.41, 5.74) is 4.66. The molecule has 6 heteroatoms. The first-order valence-corrected chi connectivity index (χ1v) is 7.33. The normalized spacial score (nSPS) is 20.8. The second kappa shape index (κ2) is 5.39. The first-order valence-electron chi connectivity index (χ1n) is 7.33. The summed E-state index contributed by atoms with van der Waals surface area (Å²) in [6.45, 7) is 1.66. The van der Waals surface area contributed by atoms with Crippen LogP contribution in [0.1, 0.15) is 18.9 Å². The Kier molecular flexibility index (Phi) is 3.52. The number of fused-ring (bicyclic) bond motifs is 1. The molecule has 1 atom stereocenters. The summed E-state index contributed by atoms with van der Waals surface area (Å²) in [7, 11) is 0. The minimum Gasteiger partial charge on any atom is -0.370 e. The summed E-state index contributed by atoms with van der Waals surface area (Å²) < 4.78 is 0. The molecular weight excluding hydrogens is 294 g/mol. The van der Waals surface area contributed by atoms with E-state index in [1.807, 2.05) is 42.5 Å². The van der Waals surface area contributed by atoms with Gasteiger partial charge in [0.25, 0.3) is 5.91 Å². The fourth-order valence-corrected chi connectivity index (χ4v) is 2.82. The Hall–Kier alpha value is -2.89. The zero-order chi connectivity index (χ0) is 16.6. The standard InChI is InChI=1S/C17H17N3O3/c1-17(13-7-6-11-4-2-3-5-12(11)10-13)15(22)20(16(23)19-17)9-8-14(18)21/h2-7,10H,8-9H2,1H3,(H2,18,21)(H,19,23)/t17-/m1/s1. The minimum absolute atomic E-state index is 0.0107. The van der Waals surface area contributed by atoms with Crippen LogP contribution in [0, 0.1) is 0 Å². The monoisotopic (exact) mass is 311 g/mol. The van der Waals surface area contributed by atoms with Gasteiger partial charge in [-0.1, -0.05) is 36.4 Å². The van der Waals surface area contributed by atoms with Crippen molar-refractivity contribution in [3.05, 3.63) is 48.0 Å². The molecule has 23 heavy (non-hydrogen) atoms. The number of nitrogens with zero attached hydrogens (tertiary/aromatic N) is 1. The van der Waals surface area contributed by atoms with Crippen LogP contribution in [-0.2, 0) is 15.1 Å². The van der Waals surface area contributed by atoms with Gasteiger partial charge in [0.2, 0.25) is 5.91 Å². The van der Waals surface area contributed by atoms with E-state index in [9.17, 15) is 14.4 Å². The fraction of sp³-hybridized carbons (Fsp3) is 0.235. The molecule has 2 aromatic rings. The van der Waals surface area contributed by atoms with Crippen molar-refractivity contribution in [2.75, 3.05) is 6.54 Å². The Morgan fingerprint density at radius 2 is 1.87 bits per heavy atom. The van der Waals surface area contributed by atoms with Gasteiger partial charge in [-0.25, -0.2) is 4.79 Å². The Bertz CT molecular complexity index is 818. The number of imide groups is 1. The molecule has 0 bridgehead atoms. The molecule has 1 heterocycles. The van der Waals surface area contributed by atoms with Crippen LogP contribution in [0.25, 0.3) is 10.8 Å². The van der Waals surface area contributed by atoms with Crippen molar-refractivity contribution in [1.82, 2.24) is 10.2 Å². The predicted molar refractivity (Wildman–Crippen MR) is 85.4 cm³/mol. The van der Waals surface area contributed by atoms with Crippen LogP contribution in [0.5, 0.6) is 0 Å². The van der Waals surface area contributed by atoms with Crippen LogP contribution >= 0.6 is 0 Å². The summed E-state index contributed by atoms with van der Waals surface area (Å²) in [4.78, 5) is 36.7. The van der Waals surface area contributed by atoms with E-state index in [-0.39, 0.29) is 18.9 Å². The van der Waals surface area contributed by atoms with Gasteiger partial charge in [-0.05, 0) is 29.3 Å². The van der Waals surface area contributed by atoms with E-state index >= 15 is 0 Å². The van der Waals surface area contributed by atoms with Crippen LogP contribution in [0.2, 0.25) is 0 Å². The molecule has 6 nitrogen and oxygen atoms in total. The maximum absolute atomic E-state index is 12.7. The number of nitrogens with one attached hydrogen (secondary N) is 1. The quantitative estimate of drug-likeness (QED) is 0.838. The number of nitrogens with two attached hydrogens (primary N) is 1. The van der Waals surface area contributed by atoms with Gasteiger partial charge >= 0.3 is 6.03 Å². The molecule has 0 aliphatic carbocycles. The molecule has 0 spiro atoms. The van der Waals surface area contributed by atoms with Gasteiger partial charge in [0.05, 0.1) is 0 Å². The van der Waals surface area contributed by atoms with E-state index in [1.54, 1.807) is 6.92 Å². The number of benzene rings is 2. The molecule has 0 saturated carbocycles. The van der Waals surface area contributed by atoms with Crippen LogP contribution in [0.3, 0.4) is 0 Å². The third-order valence-electron chi connectivity index (χ3n) is 4.18. The van der Waals surface area contributed by atoms with Crippen LogP contribution < -0.4 is 11.1 Å². The van der Waals surface area contributed by atoms with E-state index < -0.39 is 17.5 Å². The van der Waals surface area contributed by atoms with Gasteiger partial charge in [0.1, 0.15) is 5.54 Å². The molecule has 3 N–H and O–H groups in total. The van der Waals surface area contributed by atoms with Gasteiger partial charge in [-0.2, -0.15) is 0 Å². The average molecular weight is 311 g/mol. The lowest BCUT2D eigenvalue weighted by molar-refractivity contribution is -0.131. The highest BCUT2D eigenvalue weighted by Gasteiger charge is 2.48. The van der Waals surface area contributed by atoms with Gasteiger partial charge in [0, 0.05) is 13.0 Å². The molecule has 2 aromatic carbocycles. The lowest BCUT2D eigenvalue weighted by atomic mass is 9.90. The predicted octanol–water partition coefficient (Wildman–Crippen LogP) is 1.48. The third-order valence-corrected chi connectivity index (χ3v) is 4.18. The van der Waals surface area contributed by atoms with Crippen molar-refractivity contribution in [1.29, 1.82) is 0 Å². The lowest BCUT2D eigenvalue weighted by Crippen LogP contribution is -2.41. The number of primary amides is 1. The maximum atomic E-state index is 12.7. The van der Waals surface area contributed by atoms with Gasteiger partial charge in [-0.3, -0.25) is 14.5 Å². The number of amides is 4. The summed E-state index contributed by atoms with van der Waals surface area (Å²) in [6.07, 6.45) is -0.0487. The Labute approximate surface area is 133 Å². The summed E-state index contributed by atoms with van der Waals surface area (Å²) in [5.74, 6) is -0.927. The van der Waals surface area contributed by atoms with Crippen LogP contribution in [-0.4, -0.2) is 29.3 Å². The van der Waals surface area contributed by atoms with Gasteiger partial charge in [-0.15, -0.1) is 0 Å². The minimum atomic E-state index is -1.14. The number of carbonyl (C=O) groups is 3. The molecule has 1 fully saturated rings. The second-order valence-corrected chi connectivity index (χ2v) is 5.79. The summed E-state index contributed by atoms with van der Waals surface area (Å²) in [5, 5.41) is 4.77. The molecule has 118 valence electrons. The van der Waals surface area contributed by atoms with Crippen molar-refractivity contribution in [3.8, 4) is 0 Å². The maximum Gasteiger partial charge on any atom is 0.325 e. The Balaban J connectivity index is 1.95. The average Bonchev–Trinajstić information content (AvgIpc) is 2.75. The SMILES string of the molecule is C[C@]1(c2ccc3ccccc3c2)NC(=O)N(CCC(N)=O)C1=O. The number of hydrogen-bond donors (Lipinski definition) is 2. The number of rotatable bonds is 4. The first-order chi connectivity index (χ1) is 10.9. The number of hydrogen-bond acceptors (Lipinski definition) is 3. The van der Waals surface area contributed by atoms with Crippen LogP contribution in [0.15, 0.2) is 42.5 Å². The molecule has 0 aromatic heterocycles. The smallest absolute Gasteiger partial charge is 0.325 e. The van der Waals surface area contributed by atoms with Crippen molar-refractivity contribution in [3.63, 3.8) is 0 Å². The Morgan fingerprint density at radius 1 is 1.17 bits per heavy atom. The molecule has 1 aliphatic rings. The third kappa shape index (κ3) is 2.52. The zero-order valence-corrected chi connectivity index (χ0v) is 12.7. The molecule has 0 unspecified atom stereocenters. The Morgan fingerprint density at radius 3 is 2.57 bits per heavy atom. The highest BCUT2D eigenvalue weighted by Crippen LogP contribution is 2.31. The van der Waals surface area contributed by atoms with Crippen molar-refractivity contribution in [2.24, 2.45) is 5.73 Å². The van der Waals surface area contributed by atoms with E-state index in [0.717, 1.165) is 15.7 Å². The number of urea groups is 1. The number of carbonyl (C=O) groups excluding carboxylic acids is 3. The first kappa shape index (κ1) is 15.0. The lowest BCUT2D eigenvalue weighted by Gasteiger charge is -2.22. The van der Waals surface area contributed by atoms with Crippen LogP contribution in [0.4, 0.5) is 4.79 Å². The van der Waals surface area contributed by atoms with Crippen molar-refractivity contribution in [2.45, 2.75) is 18.9 Å². The van der Waals surface area contributed by atoms with E-state index in [2.05, 4.69) is 5.32 Å². The molecule has 1 saturated heterocycles. The molecule has 1 aliphatic heterocycles. The summed E-state index contributed by atoms with van der Waals surface area (Å²) in [6, 6.07) is 12.9. The highest BCUT2D eigenvalue weighted by molar-refractivity contribution is 6.07. The van der Waals surface area contributed by atoms with E-state index in [4.69, 9.17) is 5.73 Å². The molecule has 0 radical (unpaired) electrons. The van der Waals surface area contributed by atoms with E-state index in [1.165, 1.54) is 0 Å².